The summed E-state index contributed by atoms with van der Waals surface area (Å²) in [6, 6.07) is 8.75. The maximum Gasteiger partial charge on any atom is 0.357 e. The van der Waals surface area contributed by atoms with Gasteiger partial charge in [-0.1, -0.05) is 17.7 Å². The Balaban J connectivity index is 2.37. The van der Waals surface area contributed by atoms with Gasteiger partial charge in [0.2, 0.25) is 0 Å². The van der Waals surface area contributed by atoms with Crippen molar-refractivity contribution in [2.45, 2.75) is 6.92 Å². The smallest absolute Gasteiger partial charge is 0.357 e. The first-order chi connectivity index (χ1) is 9.58. The molecule has 1 N–H and O–H groups in total. The zero-order chi connectivity index (χ0) is 14.3. The molecule has 20 heavy (non-hydrogen) atoms. The van der Waals surface area contributed by atoms with Crippen LogP contribution in [0.4, 0.5) is 0 Å². The molecule has 0 fully saturated rings. The van der Waals surface area contributed by atoms with Crippen LogP contribution in [0.25, 0.3) is 16.7 Å². The van der Waals surface area contributed by atoms with Crippen LogP contribution in [0.2, 0.25) is 5.02 Å². The van der Waals surface area contributed by atoms with Crippen molar-refractivity contribution in [3.8, 4) is 5.69 Å². The van der Waals surface area contributed by atoms with E-state index in [-0.39, 0.29) is 5.69 Å². The number of aromatic nitrogens is 3. The van der Waals surface area contributed by atoms with E-state index in [0.29, 0.717) is 21.7 Å². The maximum absolute atomic E-state index is 11.3. The van der Waals surface area contributed by atoms with Crippen LogP contribution in [-0.4, -0.2) is 25.8 Å². The lowest BCUT2D eigenvalue weighted by atomic mass is 10.2. The highest BCUT2D eigenvalue weighted by molar-refractivity contribution is 6.30. The Morgan fingerprint density at radius 1 is 1.35 bits per heavy atom. The van der Waals surface area contributed by atoms with Crippen LogP contribution < -0.4 is 0 Å². The maximum atomic E-state index is 11.3. The largest absolute Gasteiger partial charge is 0.476 e. The van der Waals surface area contributed by atoms with Gasteiger partial charge in [0.15, 0.2) is 11.3 Å². The van der Waals surface area contributed by atoms with E-state index in [2.05, 4.69) is 10.1 Å². The summed E-state index contributed by atoms with van der Waals surface area (Å²) in [5.74, 6) is -1.08. The van der Waals surface area contributed by atoms with Crippen molar-refractivity contribution >= 4 is 28.6 Å². The van der Waals surface area contributed by atoms with E-state index >= 15 is 0 Å². The van der Waals surface area contributed by atoms with Crippen LogP contribution in [-0.2, 0) is 0 Å². The van der Waals surface area contributed by atoms with Gasteiger partial charge in [-0.3, -0.25) is 0 Å². The molecule has 0 saturated carbocycles. The molecule has 0 saturated heterocycles. The molecule has 0 aliphatic heterocycles. The number of fused-ring (bicyclic) bond motifs is 1. The summed E-state index contributed by atoms with van der Waals surface area (Å²) in [6.45, 7) is 1.91. The van der Waals surface area contributed by atoms with Gasteiger partial charge in [0.1, 0.15) is 0 Å². The molecule has 2 aromatic heterocycles. The summed E-state index contributed by atoms with van der Waals surface area (Å²) in [4.78, 5) is 15.5. The molecule has 100 valence electrons. The number of carboxylic acids is 1. The topological polar surface area (TPSA) is 68.0 Å². The molecule has 5 nitrogen and oxygen atoms in total. The number of halogens is 1. The third-order valence-corrected chi connectivity index (χ3v) is 3.28. The first-order valence-corrected chi connectivity index (χ1v) is 6.29. The fourth-order valence-electron chi connectivity index (χ4n) is 2.09. The first kappa shape index (κ1) is 12.6. The number of aromatic carboxylic acids is 1. The van der Waals surface area contributed by atoms with Gasteiger partial charge in [0.25, 0.3) is 0 Å². The first-order valence-electron chi connectivity index (χ1n) is 5.91. The normalized spacial score (nSPS) is 10.9. The van der Waals surface area contributed by atoms with Gasteiger partial charge in [0.05, 0.1) is 11.1 Å². The summed E-state index contributed by atoms with van der Waals surface area (Å²) < 4.78 is 1.51. The quantitative estimate of drug-likeness (QED) is 0.786. The number of benzene rings is 1. The van der Waals surface area contributed by atoms with Crippen molar-refractivity contribution < 1.29 is 9.90 Å². The summed E-state index contributed by atoms with van der Waals surface area (Å²) in [5.41, 5.74) is 2.12. The van der Waals surface area contributed by atoms with Crippen LogP contribution in [0.3, 0.4) is 0 Å². The lowest BCUT2D eigenvalue weighted by Gasteiger charge is -2.06. The van der Waals surface area contributed by atoms with Crippen molar-refractivity contribution in [1.29, 1.82) is 0 Å². The van der Waals surface area contributed by atoms with E-state index in [1.165, 1.54) is 4.68 Å². The Morgan fingerprint density at radius 3 is 2.90 bits per heavy atom. The number of nitrogens with zero attached hydrogens (tertiary/aromatic N) is 3. The summed E-state index contributed by atoms with van der Waals surface area (Å²) in [7, 11) is 0. The minimum atomic E-state index is -1.08. The third kappa shape index (κ3) is 1.92. The van der Waals surface area contributed by atoms with E-state index in [0.717, 1.165) is 5.56 Å². The van der Waals surface area contributed by atoms with Crippen LogP contribution in [0, 0.1) is 6.92 Å². The van der Waals surface area contributed by atoms with Crippen LogP contribution >= 0.6 is 11.6 Å². The molecule has 0 spiro atoms. The fraction of sp³-hybridized carbons (Fsp3) is 0.0714. The van der Waals surface area contributed by atoms with Gasteiger partial charge < -0.3 is 5.11 Å². The van der Waals surface area contributed by atoms with Crippen molar-refractivity contribution in [1.82, 2.24) is 14.8 Å². The van der Waals surface area contributed by atoms with Gasteiger partial charge in [-0.2, -0.15) is 5.10 Å². The highest BCUT2D eigenvalue weighted by Gasteiger charge is 2.18. The van der Waals surface area contributed by atoms with E-state index in [4.69, 9.17) is 11.6 Å². The Morgan fingerprint density at radius 2 is 2.15 bits per heavy atom. The Kier molecular flexibility index (Phi) is 2.91. The molecule has 0 aliphatic rings. The number of carbonyl (C=O) groups is 1. The zero-order valence-corrected chi connectivity index (χ0v) is 11.3. The Bertz CT molecular complexity index is 826. The number of rotatable bonds is 2. The fourth-order valence-corrected chi connectivity index (χ4v) is 2.25. The molecule has 0 aliphatic carbocycles. The molecule has 0 radical (unpaired) electrons. The summed E-state index contributed by atoms with van der Waals surface area (Å²) in [5, 5.41) is 14.5. The van der Waals surface area contributed by atoms with E-state index in [1.54, 1.807) is 30.5 Å². The van der Waals surface area contributed by atoms with Gasteiger partial charge in [0, 0.05) is 11.2 Å². The predicted molar refractivity (Wildman–Crippen MR) is 75.6 cm³/mol. The average molecular weight is 288 g/mol. The van der Waals surface area contributed by atoms with Crippen LogP contribution in [0.5, 0.6) is 0 Å². The molecule has 3 aromatic rings. The highest BCUT2D eigenvalue weighted by atomic mass is 35.5. The monoisotopic (exact) mass is 287 g/mol. The number of carboxylic acid groups (broad SMARTS) is 1. The second-order valence-electron chi connectivity index (χ2n) is 4.37. The molecule has 0 atom stereocenters. The second kappa shape index (κ2) is 4.61. The lowest BCUT2D eigenvalue weighted by Crippen LogP contribution is -2.03. The molecule has 3 rings (SSSR count). The van der Waals surface area contributed by atoms with Gasteiger partial charge >= 0.3 is 5.97 Å². The Hall–Kier alpha value is -2.40. The molecule has 6 heteroatoms. The van der Waals surface area contributed by atoms with Gasteiger partial charge in [-0.15, -0.1) is 0 Å². The minimum absolute atomic E-state index is 0.0209. The molecule has 0 unspecified atom stereocenters. The Labute approximate surface area is 119 Å². The zero-order valence-electron chi connectivity index (χ0n) is 10.5. The van der Waals surface area contributed by atoms with Crippen molar-refractivity contribution in [3.05, 3.63) is 52.8 Å². The van der Waals surface area contributed by atoms with E-state index in [1.807, 2.05) is 13.0 Å². The molecular formula is C14H10ClN3O2. The average Bonchev–Trinajstić information content (AvgIpc) is 2.81. The standard InChI is InChI=1S/C14H10ClN3O2/c1-8-4-5-9(15)7-11(8)18-13-10(3-2-6-16-13)12(17-18)14(19)20/h2-7H,1H3,(H,19,20). The van der Waals surface area contributed by atoms with Gasteiger partial charge in [-0.25, -0.2) is 14.5 Å². The molecule has 0 bridgehead atoms. The molecular weight excluding hydrogens is 278 g/mol. The van der Waals surface area contributed by atoms with E-state index in [9.17, 15) is 9.90 Å². The molecule has 1 aromatic carbocycles. The molecule has 2 heterocycles. The molecule has 0 amide bonds. The second-order valence-corrected chi connectivity index (χ2v) is 4.81. The van der Waals surface area contributed by atoms with Crippen LogP contribution in [0.15, 0.2) is 36.5 Å². The predicted octanol–water partition coefficient (Wildman–Crippen LogP) is 3.08. The SMILES string of the molecule is Cc1ccc(Cl)cc1-n1nc(C(=O)O)c2cccnc21. The van der Waals surface area contributed by atoms with Gasteiger partial charge in [-0.05, 0) is 36.8 Å². The minimum Gasteiger partial charge on any atom is -0.476 e. The van der Waals surface area contributed by atoms with Crippen LogP contribution in [0.1, 0.15) is 16.1 Å². The van der Waals surface area contributed by atoms with Crippen molar-refractivity contribution in [2.75, 3.05) is 0 Å². The van der Waals surface area contributed by atoms with E-state index < -0.39 is 5.97 Å². The highest BCUT2D eigenvalue weighted by Crippen LogP contribution is 2.24. The number of hydrogen-bond acceptors (Lipinski definition) is 3. The summed E-state index contributed by atoms with van der Waals surface area (Å²) >= 11 is 6.01. The number of hydrogen-bond donors (Lipinski definition) is 1. The lowest BCUT2D eigenvalue weighted by molar-refractivity contribution is 0.0692. The number of pyridine rings is 1. The van der Waals surface area contributed by atoms with Crippen molar-refractivity contribution in [2.24, 2.45) is 0 Å². The number of aryl methyl sites for hydroxylation is 1. The summed E-state index contributed by atoms with van der Waals surface area (Å²) in [6.07, 6.45) is 1.60. The third-order valence-electron chi connectivity index (χ3n) is 3.04. The van der Waals surface area contributed by atoms with Crippen molar-refractivity contribution in [3.63, 3.8) is 0 Å².